The molecular formula is C11H14Cl2N2O2. The number of benzene rings is 1. The predicted molar refractivity (Wildman–Crippen MR) is 68.1 cm³/mol. The average molecular weight is 277 g/mol. The van der Waals surface area contributed by atoms with Crippen molar-refractivity contribution in [2.45, 2.75) is 19.1 Å². The second-order valence-corrected chi connectivity index (χ2v) is 4.56. The van der Waals surface area contributed by atoms with Gasteiger partial charge in [-0.05, 0) is 30.7 Å². The highest BCUT2D eigenvalue weighted by molar-refractivity contribution is 6.33. The zero-order valence-electron chi connectivity index (χ0n) is 9.28. The Labute approximate surface area is 110 Å². The molecule has 17 heavy (non-hydrogen) atoms. The molecule has 0 saturated heterocycles. The highest BCUT2D eigenvalue weighted by Crippen LogP contribution is 2.25. The Kier molecular flexibility index (Phi) is 5.21. The van der Waals surface area contributed by atoms with E-state index in [9.17, 15) is 9.90 Å². The van der Waals surface area contributed by atoms with Gasteiger partial charge in [0.2, 0.25) is 5.91 Å². The van der Waals surface area contributed by atoms with Crippen molar-refractivity contribution in [3.8, 4) is 0 Å². The van der Waals surface area contributed by atoms with E-state index >= 15 is 0 Å². The number of hydrogen-bond donors (Lipinski definition) is 3. The molecule has 4 N–H and O–H groups in total. The molecule has 0 aliphatic rings. The third kappa shape index (κ3) is 4.16. The van der Waals surface area contributed by atoms with Gasteiger partial charge in [-0.25, -0.2) is 0 Å². The number of carbonyl (C=O) groups excluding carboxylic acids is 1. The summed E-state index contributed by atoms with van der Waals surface area (Å²) in [5, 5.41) is 13.4. The van der Waals surface area contributed by atoms with Crippen LogP contribution in [0.2, 0.25) is 10.0 Å². The molecule has 6 heteroatoms. The lowest BCUT2D eigenvalue weighted by Crippen LogP contribution is -2.38. The maximum absolute atomic E-state index is 10.7. The number of nitrogens with two attached hydrogens (primary N) is 1. The van der Waals surface area contributed by atoms with E-state index in [0.29, 0.717) is 10.0 Å². The maximum Gasteiger partial charge on any atom is 0.247 e. The molecular weight excluding hydrogens is 263 g/mol. The molecule has 1 amide bonds. The van der Waals surface area contributed by atoms with Crippen LogP contribution in [0.4, 0.5) is 0 Å². The highest BCUT2D eigenvalue weighted by Gasteiger charge is 2.14. The van der Waals surface area contributed by atoms with Crippen LogP contribution in [0.15, 0.2) is 18.2 Å². The van der Waals surface area contributed by atoms with Gasteiger partial charge >= 0.3 is 0 Å². The van der Waals surface area contributed by atoms with E-state index in [-0.39, 0.29) is 12.6 Å². The minimum absolute atomic E-state index is 0.0688. The van der Waals surface area contributed by atoms with E-state index in [1.807, 2.05) is 6.92 Å². The van der Waals surface area contributed by atoms with Crippen LogP contribution in [-0.2, 0) is 4.79 Å². The van der Waals surface area contributed by atoms with Crippen molar-refractivity contribution in [1.29, 1.82) is 0 Å². The Hall–Kier alpha value is -0.810. The van der Waals surface area contributed by atoms with Gasteiger partial charge in [-0.3, -0.25) is 4.79 Å². The van der Waals surface area contributed by atoms with Crippen molar-refractivity contribution in [2.24, 2.45) is 5.73 Å². The van der Waals surface area contributed by atoms with Crippen LogP contribution in [0, 0.1) is 0 Å². The summed E-state index contributed by atoms with van der Waals surface area (Å²) in [5.41, 5.74) is 5.74. The van der Waals surface area contributed by atoms with Crippen molar-refractivity contribution < 1.29 is 9.90 Å². The second kappa shape index (κ2) is 6.21. The summed E-state index contributed by atoms with van der Waals surface area (Å²) in [6.07, 6.45) is -1.21. The van der Waals surface area contributed by atoms with Crippen LogP contribution < -0.4 is 11.1 Å². The molecule has 1 rings (SSSR count). The van der Waals surface area contributed by atoms with Gasteiger partial charge in [0.05, 0.1) is 0 Å². The van der Waals surface area contributed by atoms with Crippen LogP contribution >= 0.6 is 23.2 Å². The smallest absolute Gasteiger partial charge is 0.247 e. The Balaban J connectivity index is 2.66. The Morgan fingerprint density at radius 1 is 1.53 bits per heavy atom. The molecule has 0 aliphatic heterocycles. The van der Waals surface area contributed by atoms with E-state index in [0.717, 1.165) is 5.56 Å². The first-order valence-electron chi connectivity index (χ1n) is 5.07. The molecule has 2 atom stereocenters. The molecule has 0 spiro atoms. The number of hydrogen-bond acceptors (Lipinski definition) is 3. The van der Waals surface area contributed by atoms with Gasteiger partial charge in [-0.1, -0.05) is 23.2 Å². The third-order valence-corrected chi connectivity index (χ3v) is 2.95. The minimum Gasteiger partial charge on any atom is -0.382 e. The van der Waals surface area contributed by atoms with Crippen LogP contribution in [0.5, 0.6) is 0 Å². The second-order valence-electron chi connectivity index (χ2n) is 3.71. The number of carbonyl (C=O) groups is 1. The quantitative estimate of drug-likeness (QED) is 0.763. The van der Waals surface area contributed by atoms with E-state index in [2.05, 4.69) is 5.32 Å². The molecule has 94 valence electrons. The zero-order valence-corrected chi connectivity index (χ0v) is 10.8. The van der Waals surface area contributed by atoms with Crippen LogP contribution in [0.3, 0.4) is 0 Å². The van der Waals surface area contributed by atoms with Crippen molar-refractivity contribution in [3.05, 3.63) is 33.8 Å². The van der Waals surface area contributed by atoms with Crippen molar-refractivity contribution >= 4 is 29.1 Å². The SMILES string of the molecule is CC(NCC(O)C(N)=O)c1cc(Cl)ccc1Cl. The van der Waals surface area contributed by atoms with Gasteiger partial charge in [0, 0.05) is 22.6 Å². The molecule has 0 aliphatic carbocycles. The van der Waals surface area contributed by atoms with E-state index < -0.39 is 12.0 Å². The topological polar surface area (TPSA) is 75.3 Å². The van der Waals surface area contributed by atoms with Gasteiger partial charge in [-0.15, -0.1) is 0 Å². The number of amides is 1. The number of primary amides is 1. The van der Waals surface area contributed by atoms with Crippen LogP contribution in [0.25, 0.3) is 0 Å². The van der Waals surface area contributed by atoms with Crippen LogP contribution in [0.1, 0.15) is 18.5 Å². The molecule has 0 heterocycles. The van der Waals surface area contributed by atoms with E-state index in [1.165, 1.54) is 0 Å². The molecule has 4 nitrogen and oxygen atoms in total. The van der Waals surface area contributed by atoms with Crippen molar-refractivity contribution in [3.63, 3.8) is 0 Å². The molecule has 0 fully saturated rings. The molecule has 1 aromatic carbocycles. The molecule has 2 unspecified atom stereocenters. The summed E-state index contributed by atoms with van der Waals surface area (Å²) in [7, 11) is 0. The summed E-state index contributed by atoms with van der Waals surface area (Å²) in [4.78, 5) is 10.7. The standard InChI is InChI=1S/C11H14Cl2N2O2/c1-6(15-5-10(16)11(14)17)8-4-7(12)2-3-9(8)13/h2-4,6,10,15-16H,5H2,1H3,(H2,14,17). The monoisotopic (exact) mass is 276 g/mol. The molecule has 0 aromatic heterocycles. The molecule has 0 radical (unpaired) electrons. The first-order chi connectivity index (χ1) is 7.91. The fourth-order valence-corrected chi connectivity index (χ4v) is 1.81. The number of aliphatic hydroxyl groups is 1. The largest absolute Gasteiger partial charge is 0.382 e. The van der Waals surface area contributed by atoms with Gasteiger partial charge in [-0.2, -0.15) is 0 Å². The third-order valence-electron chi connectivity index (χ3n) is 2.37. The number of aliphatic hydroxyl groups excluding tert-OH is 1. The van der Waals surface area contributed by atoms with Gasteiger partial charge in [0.1, 0.15) is 6.10 Å². The predicted octanol–water partition coefficient (Wildman–Crippen LogP) is 1.49. The number of rotatable bonds is 5. The Morgan fingerprint density at radius 2 is 2.18 bits per heavy atom. The lowest BCUT2D eigenvalue weighted by Gasteiger charge is -2.17. The highest BCUT2D eigenvalue weighted by atomic mass is 35.5. The Bertz CT molecular complexity index is 412. The average Bonchev–Trinajstić information content (AvgIpc) is 2.28. The molecule has 1 aromatic rings. The zero-order chi connectivity index (χ0) is 13.0. The van der Waals surface area contributed by atoms with Crippen molar-refractivity contribution in [2.75, 3.05) is 6.54 Å². The van der Waals surface area contributed by atoms with Gasteiger partial charge in [0.25, 0.3) is 0 Å². The van der Waals surface area contributed by atoms with E-state index in [4.69, 9.17) is 28.9 Å². The van der Waals surface area contributed by atoms with E-state index in [1.54, 1.807) is 18.2 Å². The Morgan fingerprint density at radius 3 is 2.76 bits per heavy atom. The summed E-state index contributed by atoms with van der Waals surface area (Å²) in [6.45, 7) is 1.92. The first-order valence-corrected chi connectivity index (χ1v) is 5.83. The van der Waals surface area contributed by atoms with Gasteiger partial charge < -0.3 is 16.2 Å². The lowest BCUT2D eigenvalue weighted by atomic mass is 10.1. The summed E-state index contributed by atoms with van der Waals surface area (Å²) < 4.78 is 0. The first kappa shape index (κ1) is 14.3. The molecule has 0 bridgehead atoms. The molecule has 0 saturated carbocycles. The summed E-state index contributed by atoms with van der Waals surface area (Å²) in [5.74, 6) is -0.762. The van der Waals surface area contributed by atoms with Gasteiger partial charge in [0.15, 0.2) is 0 Å². The number of halogens is 2. The van der Waals surface area contributed by atoms with Crippen LogP contribution in [-0.4, -0.2) is 23.7 Å². The minimum atomic E-state index is -1.21. The summed E-state index contributed by atoms with van der Waals surface area (Å²) >= 11 is 11.9. The number of nitrogens with one attached hydrogen (secondary N) is 1. The fourth-order valence-electron chi connectivity index (χ4n) is 1.35. The fraction of sp³-hybridized carbons (Fsp3) is 0.364. The summed E-state index contributed by atoms with van der Waals surface area (Å²) in [6, 6.07) is 4.98. The van der Waals surface area contributed by atoms with Crippen molar-refractivity contribution in [1.82, 2.24) is 5.32 Å². The lowest BCUT2D eigenvalue weighted by molar-refractivity contribution is -0.125. The maximum atomic E-state index is 10.7. The normalized spacial score (nSPS) is 14.4.